The van der Waals surface area contributed by atoms with E-state index >= 15 is 0 Å². The predicted molar refractivity (Wildman–Crippen MR) is 129 cm³/mol. The summed E-state index contributed by atoms with van der Waals surface area (Å²) in [6.45, 7) is 2.54. The minimum Gasteiger partial charge on any atom is -0.252 e. The summed E-state index contributed by atoms with van der Waals surface area (Å²) in [5.74, 6) is -0.303. The molecule has 0 aliphatic carbocycles. The number of rotatable bonds is 4. The molecule has 0 bridgehead atoms. The molecule has 0 aromatic heterocycles. The van der Waals surface area contributed by atoms with E-state index < -0.39 is 10.0 Å². The number of nitrogens with zero attached hydrogens (tertiary/aromatic N) is 2. The summed E-state index contributed by atoms with van der Waals surface area (Å²) < 4.78 is 41.7. The van der Waals surface area contributed by atoms with E-state index in [0.717, 1.165) is 39.2 Å². The van der Waals surface area contributed by atoms with Gasteiger partial charge in [-0.15, -0.1) is 0 Å². The fourth-order valence-corrected chi connectivity index (χ4v) is 5.58. The molecule has 0 saturated heterocycles. The van der Waals surface area contributed by atoms with Gasteiger partial charge >= 0.3 is 0 Å². The molecule has 2 aliphatic rings. The summed E-state index contributed by atoms with van der Waals surface area (Å²) in [6, 6.07) is 23.0. The number of sulfonamides is 1. The van der Waals surface area contributed by atoms with Gasteiger partial charge in [-0.25, -0.2) is 12.8 Å². The van der Waals surface area contributed by atoms with Crippen molar-refractivity contribution in [2.75, 3.05) is 13.1 Å². The smallest absolute Gasteiger partial charge is 0.243 e. The number of aryl methyl sites for hydroxylation is 1. The largest absolute Gasteiger partial charge is 0.252 e. The van der Waals surface area contributed by atoms with Gasteiger partial charge < -0.3 is 0 Å². The Morgan fingerprint density at radius 2 is 1.55 bits per heavy atom. The van der Waals surface area contributed by atoms with Crippen molar-refractivity contribution in [1.29, 1.82) is 0 Å². The molecule has 6 heteroatoms. The zero-order valence-electron chi connectivity index (χ0n) is 18.2. The summed E-state index contributed by atoms with van der Waals surface area (Å²) in [5, 5.41) is 0. The van der Waals surface area contributed by atoms with E-state index in [1.165, 1.54) is 16.4 Å². The highest BCUT2D eigenvalue weighted by atomic mass is 32.2. The fourth-order valence-electron chi connectivity index (χ4n) is 4.17. The zero-order valence-corrected chi connectivity index (χ0v) is 19.0. The monoisotopic (exact) mass is 458 g/mol. The molecule has 5 rings (SSSR count). The second kappa shape index (κ2) is 8.54. The maximum absolute atomic E-state index is 13.5. The van der Waals surface area contributed by atoms with E-state index in [2.05, 4.69) is 0 Å². The molecular formula is C27H23FN2O2S. The number of hydrogen-bond donors (Lipinski definition) is 0. The van der Waals surface area contributed by atoms with Gasteiger partial charge in [0.25, 0.3) is 0 Å². The van der Waals surface area contributed by atoms with Gasteiger partial charge in [0, 0.05) is 25.1 Å². The molecule has 2 aliphatic heterocycles. The third-order valence-corrected chi connectivity index (χ3v) is 7.83. The first-order valence-electron chi connectivity index (χ1n) is 10.8. The van der Waals surface area contributed by atoms with Crippen LogP contribution >= 0.6 is 0 Å². The summed E-state index contributed by atoms with van der Waals surface area (Å²) in [7, 11) is -3.62. The lowest BCUT2D eigenvalue weighted by molar-refractivity contribution is 0.481. The Labute approximate surface area is 193 Å². The van der Waals surface area contributed by atoms with Gasteiger partial charge in [0.05, 0.1) is 16.3 Å². The second-order valence-electron chi connectivity index (χ2n) is 8.35. The number of hydrogen-bond acceptors (Lipinski definition) is 3. The molecule has 0 radical (unpaired) electrons. The molecule has 0 spiro atoms. The number of aliphatic imine (C=N–C) groups is 1. The summed E-state index contributed by atoms with van der Waals surface area (Å²) in [4.78, 5) is 5.23. The number of halogens is 1. The van der Waals surface area contributed by atoms with Crippen molar-refractivity contribution in [2.45, 2.75) is 18.2 Å². The van der Waals surface area contributed by atoms with E-state index in [1.807, 2.05) is 55.5 Å². The lowest BCUT2D eigenvalue weighted by Crippen LogP contribution is -2.30. The summed E-state index contributed by atoms with van der Waals surface area (Å²) in [5.41, 5.74) is 6.33. The van der Waals surface area contributed by atoms with Gasteiger partial charge in [0.15, 0.2) is 0 Å². The molecule has 4 nitrogen and oxygen atoms in total. The topological polar surface area (TPSA) is 49.7 Å². The van der Waals surface area contributed by atoms with Crippen LogP contribution in [0.2, 0.25) is 0 Å². The van der Waals surface area contributed by atoms with Crippen LogP contribution in [0.3, 0.4) is 0 Å². The Kier molecular flexibility index (Phi) is 5.56. The SMILES string of the molecule is Cc1ccc(S(=O)(=O)N2CC3=C(CC(c4ccc(F)cc4)=NC(c4ccccc4)=C3)C2)cc1. The van der Waals surface area contributed by atoms with E-state index in [-0.39, 0.29) is 5.82 Å². The minimum atomic E-state index is -3.62. The van der Waals surface area contributed by atoms with Crippen LogP contribution in [0.4, 0.5) is 4.39 Å². The first kappa shape index (κ1) is 21.5. The van der Waals surface area contributed by atoms with Gasteiger partial charge in [0.1, 0.15) is 5.82 Å². The molecule has 0 N–H and O–H groups in total. The minimum absolute atomic E-state index is 0.297. The van der Waals surface area contributed by atoms with Crippen LogP contribution in [0, 0.1) is 12.7 Å². The van der Waals surface area contributed by atoms with E-state index in [4.69, 9.17) is 4.99 Å². The average Bonchev–Trinajstić information content (AvgIpc) is 3.14. The molecule has 3 aromatic rings. The van der Waals surface area contributed by atoms with E-state index in [1.54, 1.807) is 24.3 Å². The average molecular weight is 459 g/mol. The Morgan fingerprint density at radius 1 is 0.848 bits per heavy atom. The van der Waals surface area contributed by atoms with Crippen LogP contribution in [0.15, 0.2) is 106 Å². The highest BCUT2D eigenvalue weighted by Gasteiger charge is 2.33. The highest BCUT2D eigenvalue weighted by molar-refractivity contribution is 7.89. The standard InChI is InChI=1S/C27H23FN2O2S/c1-19-7-13-25(14-8-19)33(31,32)30-17-22-15-26(20-5-3-2-4-6-20)29-27(16-23(22)18-30)21-9-11-24(28)12-10-21/h2-15H,16-18H2,1H3. The van der Waals surface area contributed by atoms with Gasteiger partial charge in [0.2, 0.25) is 10.0 Å². The molecule has 33 heavy (non-hydrogen) atoms. The Morgan fingerprint density at radius 3 is 2.24 bits per heavy atom. The van der Waals surface area contributed by atoms with Crippen LogP contribution in [0.1, 0.15) is 23.1 Å². The van der Waals surface area contributed by atoms with Crippen molar-refractivity contribution in [2.24, 2.45) is 4.99 Å². The Balaban J connectivity index is 1.53. The second-order valence-corrected chi connectivity index (χ2v) is 10.3. The molecule has 0 saturated carbocycles. The van der Waals surface area contributed by atoms with Gasteiger partial charge in [-0.05, 0) is 54.0 Å². The molecule has 3 aromatic carbocycles. The normalized spacial score (nSPS) is 16.8. The van der Waals surface area contributed by atoms with Crippen LogP contribution in [-0.4, -0.2) is 31.5 Å². The maximum atomic E-state index is 13.5. The van der Waals surface area contributed by atoms with E-state index in [0.29, 0.717) is 24.4 Å². The van der Waals surface area contributed by atoms with Gasteiger partial charge in [-0.2, -0.15) is 4.31 Å². The molecular weight excluding hydrogens is 435 g/mol. The maximum Gasteiger partial charge on any atom is 0.243 e. The van der Waals surface area contributed by atoms with Crippen molar-refractivity contribution in [1.82, 2.24) is 4.31 Å². The summed E-state index contributed by atoms with van der Waals surface area (Å²) in [6.07, 6.45) is 2.50. The predicted octanol–water partition coefficient (Wildman–Crippen LogP) is 5.37. The highest BCUT2D eigenvalue weighted by Crippen LogP contribution is 2.33. The lowest BCUT2D eigenvalue weighted by Gasteiger charge is -2.18. The van der Waals surface area contributed by atoms with Crippen molar-refractivity contribution in [3.05, 3.63) is 119 Å². The van der Waals surface area contributed by atoms with Crippen molar-refractivity contribution in [3.63, 3.8) is 0 Å². The van der Waals surface area contributed by atoms with E-state index in [9.17, 15) is 12.8 Å². The first-order chi connectivity index (χ1) is 15.9. The first-order valence-corrected chi connectivity index (χ1v) is 12.2. The molecule has 2 heterocycles. The fraction of sp³-hybridized carbons (Fsp3) is 0.148. The van der Waals surface area contributed by atoms with Gasteiger partial charge in [-0.1, -0.05) is 60.2 Å². The van der Waals surface area contributed by atoms with Crippen LogP contribution in [-0.2, 0) is 10.0 Å². The lowest BCUT2D eigenvalue weighted by atomic mass is 10.0. The molecule has 0 amide bonds. The zero-order chi connectivity index (χ0) is 23.0. The van der Waals surface area contributed by atoms with Crippen LogP contribution in [0.25, 0.3) is 5.70 Å². The van der Waals surface area contributed by atoms with Crippen LogP contribution in [0.5, 0.6) is 0 Å². The molecule has 0 atom stereocenters. The van der Waals surface area contributed by atoms with Crippen molar-refractivity contribution in [3.8, 4) is 0 Å². The number of benzene rings is 3. The molecule has 0 fully saturated rings. The third kappa shape index (κ3) is 4.32. The summed E-state index contributed by atoms with van der Waals surface area (Å²) >= 11 is 0. The third-order valence-electron chi connectivity index (χ3n) is 6.02. The quantitative estimate of drug-likeness (QED) is 0.528. The Bertz CT molecular complexity index is 1390. The molecule has 0 unspecified atom stereocenters. The van der Waals surface area contributed by atoms with Gasteiger partial charge in [-0.3, -0.25) is 4.99 Å². The molecule has 166 valence electrons. The van der Waals surface area contributed by atoms with Crippen LogP contribution < -0.4 is 0 Å². The van der Waals surface area contributed by atoms with Crippen molar-refractivity contribution < 1.29 is 12.8 Å². The Hall–Kier alpha value is -3.35. The van der Waals surface area contributed by atoms with Crippen molar-refractivity contribution >= 4 is 21.4 Å².